The molecule has 0 heterocycles. The molecule has 0 fully saturated rings. The molecule has 4 nitrogen and oxygen atoms in total. The van der Waals surface area contributed by atoms with Gasteiger partial charge >= 0.3 is 0 Å². The van der Waals surface area contributed by atoms with Gasteiger partial charge in [-0.2, -0.15) is 0 Å². The van der Waals surface area contributed by atoms with Gasteiger partial charge in [-0.3, -0.25) is 4.79 Å². The Morgan fingerprint density at radius 1 is 0.905 bits per heavy atom. The second-order valence-electron chi connectivity index (χ2n) is 6.35. The van der Waals surface area contributed by atoms with E-state index in [-0.39, 0.29) is 17.7 Å². The lowest BCUT2D eigenvalue weighted by Crippen LogP contribution is -2.35. The first-order chi connectivity index (χ1) is 10.1. The molecule has 4 heteroatoms. The molecule has 0 aliphatic rings. The van der Waals surface area contributed by atoms with Crippen LogP contribution in [0, 0.1) is 5.92 Å². The predicted octanol–water partition coefficient (Wildman–Crippen LogP) is 2.60. The fraction of sp³-hybridized carbons (Fsp3) is 0.941. The van der Waals surface area contributed by atoms with Gasteiger partial charge in [-0.15, -0.1) is 0 Å². The van der Waals surface area contributed by atoms with Gasteiger partial charge < -0.3 is 16.8 Å². The number of hydrogen-bond donors (Lipinski definition) is 3. The van der Waals surface area contributed by atoms with Gasteiger partial charge in [0.1, 0.15) is 5.78 Å². The number of carbonyl (C=O) groups excluding carboxylic acids is 1. The van der Waals surface area contributed by atoms with E-state index in [1.807, 2.05) is 13.8 Å². The fourth-order valence-electron chi connectivity index (χ4n) is 2.32. The Morgan fingerprint density at radius 3 is 2.00 bits per heavy atom. The van der Waals surface area contributed by atoms with Crippen molar-refractivity contribution in [1.29, 1.82) is 0 Å². The highest BCUT2D eigenvalue weighted by Gasteiger charge is 2.15. The number of nitrogens with two attached hydrogens (primary N) is 2. The largest absolute Gasteiger partial charge is 0.330 e. The van der Waals surface area contributed by atoms with Crippen LogP contribution in [0.25, 0.3) is 0 Å². The Morgan fingerprint density at radius 2 is 1.43 bits per heavy atom. The van der Waals surface area contributed by atoms with Crippen molar-refractivity contribution < 1.29 is 4.79 Å². The molecule has 126 valence electrons. The average molecular weight is 300 g/mol. The third-order valence-electron chi connectivity index (χ3n) is 3.92. The Labute approximate surface area is 131 Å². The van der Waals surface area contributed by atoms with E-state index < -0.39 is 0 Å². The smallest absolute Gasteiger partial charge is 0.149 e. The lowest BCUT2D eigenvalue weighted by atomic mass is 9.97. The third kappa shape index (κ3) is 13.0. The first kappa shape index (κ1) is 20.6. The van der Waals surface area contributed by atoms with Gasteiger partial charge in [-0.05, 0) is 44.8 Å². The van der Waals surface area contributed by atoms with E-state index in [0.717, 1.165) is 38.9 Å². The van der Waals surface area contributed by atoms with Crippen molar-refractivity contribution in [3.63, 3.8) is 0 Å². The maximum Gasteiger partial charge on any atom is 0.149 e. The molecule has 21 heavy (non-hydrogen) atoms. The van der Waals surface area contributed by atoms with Gasteiger partial charge in [0.2, 0.25) is 0 Å². The van der Waals surface area contributed by atoms with Crippen molar-refractivity contribution in [3.05, 3.63) is 0 Å². The number of rotatable bonds is 15. The van der Waals surface area contributed by atoms with Gasteiger partial charge in [0.15, 0.2) is 0 Å². The molecule has 0 saturated carbocycles. The third-order valence-corrected chi connectivity index (χ3v) is 3.92. The van der Waals surface area contributed by atoms with Crippen LogP contribution >= 0.6 is 0 Å². The maximum absolute atomic E-state index is 11.7. The van der Waals surface area contributed by atoms with Crippen LogP contribution in [0.3, 0.4) is 0 Å². The summed E-state index contributed by atoms with van der Waals surface area (Å²) in [5.41, 5.74) is 11.3. The van der Waals surface area contributed by atoms with E-state index in [1.165, 1.54) is 32.1 Å². The Kier molecular flexibility index (Phi) is 14.2. The molecular weight excluding hydrogens is 262 g/mol. The van der Waals surface area contributed by atoms with E-state index in [1.54, 1.807) is 0 Å². The standard InChI is InChI=1S/C17H37N3O/c1-15(2)17(19)16(21)11-8-6-4-3-5-7-9-13-20-14-10-12-18/h15,17,20H,3-14,18-19H2,1-2H3. The first-order valence-electron chi connectivity index (χ1n) is 8.78. The van der Waals surface area contributed by atoms with Crippen molar-refractivity contribution in [2.45, 2.75) is 77.7 Å². The van der Waals surface area contributed by atoms with E-state index >= 15 is 0 Å². The summed E-state index contributed by atoms with van der Waals surface area (Å²) in [4.78, 5) is 11.7. The maximum atomic E-state index is 11.7. The number of ketones is 1. The zero-order chi connectivity index (χ0) is 15.9. The van der Waals surface area contributed by atoms with Crippen molar-refractivity contribution in [1.82, 2.24) is 5.32 Å². The van der Waals surface area contributed by atoms with Gasteiger partial charge in [0.25, 0.3) is 0 Å². The van der Waals surface area contributed by atoms with Crippen LogP contribution in [0.4, 0.5) is 0 Å². The van der Waals surface area contributed by atoms with Crippen LogP contribution < -0.4 is 16.8 Å². The van der Waals surface area contributed by atoms with Gasteiger partial charge in [0, 0.05) is 6.42 Å². The zero-order valence-corrected chi connectivity index (χ0v) is 14.2. The van der Waals surface area contributed by atoms with E-state index in [0.29, 0.717) is 6.42 Å². The molecule has 5 N–H and O–H groups in total. The minimum atomic E-state index is -0.267. The van der Waals surface area contributed by atoms with Crippen LogP contribution in [0.5, 0.6) is 0 Å². The van der Waals surface area contributed by atoms with Gasteiger partial charge in [-0.25, -0.2) is 0 Å². The summed E-state index contributed by atoms with van der Waals surface area (Å²) in [7, 11) is 0. The predicted molar refractivity (Wildman–Crippen MR) is 91.3 cm³/mol. The number of Topliss-reactive ketones (excluding diaryl/α,β-unsaturated/α-hetero) is 1. The van der Waals surface area contributed by atoms with Crippen molar-refractivity contribution in [2.24, 2.45) is 17.4 Å². The Balaban J connectivity index is 3.21. The molecule has 0 aromatic rings. The highest BCUT2D eigenvalue weighted by atomic mass is 16.1. The molecule has 1 atom stereocenters. The van der Waals surface area contributed by atoms with Crippen molar-refractivity contribution >= 4 is 5.78 Å². The molecular formula is C17H37N3O. The minimum absolute atomic E-state index is 0.230. The summed E-state index contributed by atoms with van der Waals surface area (Å²) in [6.45, 7) is 6.95. The van der Waals surface area contributed by atoms with Crippen LogP contribution in [0.2, 0.25) is 0 Å². The molecule has 0 rings (SSSR count). The van der Waals surface area contributed by atoms with Gasteiger partial charge in [-0.1, -0.05) is 46.0 Å². The summed E-state index contributed by atoms with van der Waals surface area (Å²) < 4.78 is 0. The Hall–Kier alpha value is -0.450. The van der Waals surface area contributed by atoms with Crippen molar-refractivity contribution in [3.8, 4) is 0 Å². The molecule has 0 aromatic heterocycles. The van der Waals surface area contributed by atoms with Crippen LogP contribution in [0.15, 0.2) is 0 Å². The average Bonchev–Trinajstić information content (AvgIpc) is 2.47. The van der Waals surface area contributed by atoms with Crippen LogP contribution in [-0.2, 0) is 4.79 Å². The van der Waals surface area contributed by atoms with E-state index in [4.69, 9.17) is 11.5 Å². The molecule has 0 aliphatic carbocycles. The normalized spacial score (nSPS) is 12.8. The highest BCUT2D eigenvalue weighted by molar-refractivity contribution is 5.83. The number of hydrogen-bond acceptors (Lipinski definition) is 4. The molecule has 1 unspecified atom stereocenters. The Bertz CT molecular complexity index is 244. The summed E-state index contributed by atoms with van der Waals surface area (Å²) in [5, 5.41) is 3.40. The zero-order valence-electron chi connectivity index (χ0n) is 14.2. The lowest BCUT2D eigenvalue weighted by Gasteiger charge is -2.13. The molecule has 0 aromatic carbocycles. The summed E-state index contributed by atoms with van der Waals surface area (Å²) >= 11 is 0. The monoisotopic (exact) mass is 299 g/mol. The molecule has 0 saturated heterocycles. The second kappa shape index (κ2) is 14.5. The SMILES string of the molecule is CC(C)C(N)C(=O)CCCCCCCCCNCCCN. The van der Waals surface area contributed by atoms with E-state index in [9.17, 15) is 4.79 Å². The summed E-state index contributed by atoms with van der Waals surface area (Å²) in [5.74, 6) is 0.490. The molecule has 0 aliphatic heterocycles. The molecule has 0 spiro atoms. The highest BCUT2D eigenvalue weighted by Crippen LogP contribution is 2.10. The number of nitrogens with one attached hydrogen (secondary N) is 1. The fourth-order valence-corrected chi connectivity index (χ4v) is 2.32. The van der Waals surface area contributed by atoms with Gasteiger partial charge in [0.05, 0.1) is 6.04 Å². The molecule has 0 amide bonds. The van der Waals surface area contributed by atoms with Crippen LogP contribution in [-0.4, -0.2) is 31.5 Å². The molecule has 0 bridgehead atoms. The topological polar surface area (TPSA) is 81.1 Å². The quantitative estimate of drug-likeness (QED) is 0.406. The molecule has 0 radical (unpaired) electrons. The number of unbranched alkanes of at least 4 members (excludes halogenated alkanes) is 6. The minimum Gasteiger partial charge on any atom is -0.330 e. The van der Waals surface area contributed by atoms with Crippen molar-refractivity contribution in [2.75, 3.05) is 19.6 Å². The number of carbonyl (C=O) groups is 1. The van der Waals surface area contributed by atoms with Crippen LogP contribution in [0.1, 0.15) is 71.6 Å². The second-order valence-corrected chi connectivity index (χ2v) is 6.35. The lowest BCUT2D eigenvalue weighted by molar-refractivity contribution is -0.121. The summed E-state index contributed by atoms with van der Waals surface area (Å²) in [6, 6.07) is -0.267. The van der Waals surface area contributed by atoms with E-state index in [2.05, 4.69) is 5.32 Å². The first-order valence-corrected chi connectivity index (χ1v) is 8.78. The summed E-state index contributed by atoms with van der Waals surface area (Å²) in [6.07, 6.45) is 10.3.